The van der Waals surface area contributed by atoms with Crippen molar-refractivity contribution in [3.05, 3.63) is 75.3 Å². The van der Waals surface area contributed by atoms with E-state index in [0.29, 0.717) is 26.9 Å². The summed E-state index contributed by atoms with van der Waals surface area (Å²) in [6, 6.07) is 11.4. The molecule has 2 fully saturated rings. The third-order valence-electron chi connectivity index (χ3n) is 6.65. The standard InChI is InChI=1S/C24H19Cl2NO4/c1-12-9-14-10-16(12)21-20(14)22(28)27(23(21)29)15-7-5-13(6-8-15)24(30)31-11-17-18(25)3-2-4-19(17)26/h2-9,14,16,20-21H,10-11H2,1H3/t14-,16+,20+,21-/m0/s1. The van der Waals surface area contributed by atoms with E-state index >= 15 is 0 Å². The van der Waals surface area contributed by atoms with Gasteiger partial charge in [0.05, 0.1) is 23.1 Å². The van der Waals surface area contributed by atoms with Gasteiger partial charge in [-0.25, -0.2) is 4.79 Å². The van der Waals surface area contributed by atoms with Crippen LogP contribution in [0.5, 0.6) is 0 Å². The van der Waals surface area contributed by atoms with Crippen LogP contribution in [-0.4, -0.2) is 17.8 Å². The van der Waals surface area contributed by atoms with Crippen LogP contribution >= 0.6 is 23.2 Å². The topological polar surface area (TPSA) is 63.7 Å². The summed E-state index contributed by atoms with van der Waals surface area (Å²) in [5, 5.41) is 0.844. The molecule has 1 heterocycles. The van der Waals surface area contributed by atoms with Gasteiger partial charge in [0.15, 0.2) is 0 Å². The molecule has 0 aromatic heterocycles. The molecule has 7 heteroatoms. The van der Waals surface area contributed by atoms with Crippen LogP contribution in [0.3, 0.4) is 0 Å². The van der Waals surface area contributed by atoms with E-state index in [4.69, 9.17) is 27.9 Å². The molecule has 0 radical (unpaired) electrons. The molecule has 1 saturated heterocycles. The van der Waals surface area contributed by atoms with Crippen LogP contribution in [0.15, 0.2) is 54.1 Å². The first kappa shape index (κ1) is 20.3. The number of carbonyl (C=O) groups is 3. The lowest BCUT2D eigenvalue weighted by molar-refractivity contribution is -0.123. The number of allylic oxidation sites excluding steroid dienone is 2. The number of hydrogen-bond donors (Lipinski definition) is 0. The van der Waals surface area contributed by atoms with Crippen LogP contribution in [0.2, 0.25) is 10.0 Å². The van der Waals surface area contributed by atoms with Gasteiger partial charge in [-0.05, 0) is 61.6 Å². The Bertz CT molecular complexity index is 1120. The molecule has 5 rings (SSSR count). The van der Waals surface area contributed by atoms with Crippen molar-refractivity contribution in [2.45, 2.75) is 20.0 Å². The summed E-state index contributed by atoms with van der Waals surface area (Å²) in [6.07, 6.45) is 3.04. The Balaban J connectivity index is 1.30. The molecule has 3 aliphatic rings. The quantitative estimate of drug-likeness (QED) is 0.367. The molecule has 2 aromatic rings. The molecule has 0 spiro atoms. The second-order valence-electron chi connectivity index (χ2n) is 8.30. The number of ether oxygens (including phenoxy) is 1. The molecule has 2 amide bonds. The van der Waals surface area contributed by atoms with Crippen LogP contribution in [-0.2, 0) is 20.9 Å². The Morgan fingerprint density at radius 3 is 2.35 bits per heavy atom. The van der Waals surface area contributed by atoms with Crippen LogP contribution in [0.1, 0.15) is 29.3 Å². The predicted molar refractivity (Wildman–Crippen MR) is 117 cm³/mol. The molecule has 2 aliphatic carbocycles. The summed E-state index contributed by atoms with van der Waals surface area (Å²) in [5.41, 5.74) is 2.54. The largest absolute Gasteiger partial charge is 0.457 e. The number of fused-ring (bicyclic) bond motifs is 5. The van der Waals surface area contributed by atoms with Crippen molar-refractivity contribution in [2.75, 3.05) is 4.90 Å². The fourth-order valence-electron chi connectivity index (χ4n) is 5.17. The molecule has 2 bridgehead atoms. The van der Waals surface area contributed by atoms with Gasteiger partial charge in [0.1, 0.15) is 6.61 Å². The number of amides is 2. The molecule has 0 N–H and O–H groups in total. The first-order valence-corrected chi connectivity index (χ1v) is 10.9. The smallest absolute Gasteiger partial charge is 0.338 e. The van der Waals surface area contributed by atoms with Crippen LogP contribution < -0.4 is 4.90 Å². The van der Waals surface area contributed by atoms with Crippen molar-refractivity contribution < 1.29 is 19.1 Å². The van der Waals surface area contributed by atoms with Gasteiger partial charge in [-0.3, -0.25) is 14.5 Å². The van der Waals surface area contributed by atoms with Gasteiger partial charge in [-0.2, -0.15) is 0 Å². The summed E-state index contributed by atoms with van der Waals surface area (Å²) in [6.45, 7) is 1.98. The summed E-state index contributed by atoms with van der Waals surface area (Å²) in [4.78, 5) is 39.7. The van der Waals surface area contributed by atoms with E-state index in [9.17, 15) is 14.4 Å². The van der Waals surface area contributed by atoms with Gasteiger partial charge in [0.2, 0.25) is 11.8 Å². The van der Waals surface area contributed by atoms with E-state index in [-0.39, 0.29) is 42.1 Å². The Kier molecular flexibility index (Phi) is 4.91. The molecule has 5 nitrogen and oxygen atoms in total. The number of halogens is 2. The lowest BCUT2D eigenvalue weighted by Gasteiger charge is -2.19. The van der Waals surface area contributed by atoms with Crippen molar-refractivity contribution in [2.24, 2.45) is 23.7 Å². The molecule has 1 aliphatic heterocycles. The van der Waals surface area contributed by atoms with Crippen LogP contribution in [0.25, 0.3) is 0 Å². The maximum atomic E-state index is 13.0. The Morgan fingerprint density at radius 2 is 1.68 bits per heavy atom. The minimum atomic E-state index is -0.545. The van der Waals surface area contributed by atoms with Crippen LogP contribution in [0.4, 0.5) is 5.69 Å². The van der Waals surface area contributed by atoms with Crippen molar-refractivity contribution in [1.82, 2.24) is 0 Å². The highest BCUT2D eigenvalue weighted by Gasteiger charge is 2.60. The number of esters is 1. The van der Waals surface area contributed by atoms with E-state index < -0.39 is 5.97 Å². The summed E-state index contributed by atoms with van der Waals surface area (Å²) < 4.78 is 5.33. The summed E-state index contributed by atoms with van der Waals surface area (Å²) in [5.74, 6) is -1.02. The average molecular weight is 456 g/mol. The third kappa shape index (κ3) is 3.19. The minimum absolute atomic E-state index is 0.0549. The zero-order valence-electron chi connectivity index (χ0n) is 16.7. The Hall–Kier alpha value is -2.63. The van der Waals surface area contributed by atoms with E-state index in [0.717, 1.165) is 6.42 Å². The first-order chi connectivity index (χ1) is 14.9. The Labute approximate surface area is 189 Å². The number of benzene rings is 2. The number of anilines is 1. The maximum absolute atomic E-state index is 13.0. The SMILES string of the molecule is CC1=C[C@H]2C[C@H]1[C@@H]1C(=O)N(c3ccc(C(=O)OCc4c(Cl)cccc4Cl)cc3)C(=O)[C@@H]12. The van der Waals surface area contributed by atoms with Gasteiger partial charge in [-0.1, -0.05) is 40.9 Å². The summed E-state index contributed by atoms with van der Waals surface area (Å²) in [7, 11) is 0. The lowest BCUT2D eigenvalue weighted by atomic mass is 9.82. The monoisotopic (exact) mass is 455 g/mol. The van der Waals surface area contributed by atoms with Crippen molar-refractivity contribution in [3.63, 3.8) is 0 Å². The first-order valence-electron chi connectivity index (χ1n) is 10.1. The second-order valence-corrected chi connectivity index (χ2v) is 9.12. The van der Waals surface area contributed by atoms with Crippen molar-refractivity contribution >= 4 is 46.7 Å². The molecule has 158 valence electrons. The van der Waals surface area contributed by atoms with Gasteiger partial charge in [-0.15, -0.1) is 0 Å². The molecule has 2 aromatic carbocycles. The fraction of sp³-hybridized carbons (Fsp3) is 0.292. The number of imide groups is 1. The third-order valence-corrected chi connectivity index (χ3v) is 7.36. The average Bonchev–Trinajstić information content (AvgIpc) is 3.38. The molecular weight excluding hydrogens is 437 g/mol. The highest BCUT2D eigenvalue weighted by Crippen LogP contribution is 2.55. The maximum Gasteiger partial charge on any atom is 0.338 e. The van der Waals surface area contributed by atoms with Gasteiger partial charge >= 0.3 is 5.97 Å². The molecule has 4 atom stereocenters. The van der Waals surface area contributed by atoms with E-state index in [2.05, 4.69) is 6.08 Å². The zero-order valence-corrected chi connectivity index (χ0v) is 18.2. The highest BCUT2D eigenvalue weighted by molar-refractivity contribution is 6.36. The van der Waals surface area contributed by atoms with Gasteiger partial charge < -0.3 is 4.74 Å². The predicted octanol–water partition coefficient (Wildman–Crippen LogP) is 5.05. The van der Waals surface area contributed by atoms with Crippen molar-refractivity contribution in [1.29, 1.82) is 0 Å². The van der Waals surface area contributed by atoms with Gasteiger partial charge in [0, 0.05) is 15.6 Å². The van der Waals surface area contributed by atoms with E-state index in [1.54, 1.807) is 42.5 Å². The molecule has 0 unspecified atom stereocenters. The highest BCUT2D eigenvalue weighted by atomic mass is 35.5. The lowest BCUT2D eigenvalue weighted by Crippen LogP contribution is -2.32. The van der Waals surface area contributed by atoms with E-state index in [1.165, 1.54) is 10.5 Å². The van der Waals surface area contributed by atoms with Crippen molar-refractivity contribution in [3.8, 4) is 0 Å². The number of hydrogen-bond acceptors (Lipinski definition) is 4. The Morgan fingerprint density at radius 1 is 1.03 bits per heavy atom. The van der Waals surface area contributed by atoms with Gasteiger partial charge in [0.25, 0.3) is 0 Å². The fourth-order valence-corrected chi connectivity index (χ4v) is 5.67. The number of rotatable bonds is 4. The van der Waals surface area contributed by atoms with E-state index in [1.807, 2.05) is 6.92 Å². The molecule has 1 saturated carbocycles. The molecule has 31 heavy (non-hydrogen) atoms. The zero-order chi connectivity index (χ0) is 21.9. The van der Waals surface area contributed by atoms with Crippen LogP contribution in [0, 0.1) is 23.7 Å². The molecular formula is C24H19Cl2NO4. The number of nitrogens with zero attached hydrogens (tertiary/aromatic N) is 1. The minimum Gasteiger partial charge on any atom is -0.457 e. The summed E-state index contributed by atoms with van der Waals surface area (Å²) >= 11 is 12.2. The number of carbonyl (C=O) groups excluding carboxylic acids is 3. The second kappa shape index (κ2) is 7.50. The normalized spacial score (nSPS) is 26.3.